The van der Waals surface area contributed by atoms with Gasteiger partial charge >= 0.3 is 0 Å². The average Bonchev–Trinajstić information content (AvgIpc) is 3.26. The van der Waals surface area contributed by atoms with Crippen molar-refractivity contribution in [1.29, 1.82) is 0 Å². The topological polar surface area (TPSA) is 48.1 Å². The van der Waals surface area contributed by atoms with Crippen molar-refractivity contribution >= 4 is 17.6 Å². The molecule has 0 aliphatic heterocycles. The van der Waals surface area contributed by atoms with E-state index in [9.17, 15) is 0 Å². The minimum atomic E-state index is 0.454. The van der Waals surface area contributed by atoms with Gasteiger partial charge in [-0.1, -0.05) is 42.5 Å². The minimum Gasteiger partial charge on any atom is -0.497 e. The van der Waals surface area contributed by atoms with Crippen LogP contribution in [-0.4, -0.2) is 31.7 Å². The lowest BCUT2D eigenvalue weighted by Gasteiger charge is -2.13. The molecule has 0 amide bonds. The SMILES string of the molecule is COc1ccc(-c2csc(=NCCc3ccccc3)n2N=CC2CC=CCC2)c(OC)c1. The first-order valence-corrected chi connectivity index (χ1v) is 11.8. The maximum atomic E-state index is 5.66. The van der Waals surface area contributed by atoms with Crippen molar-refractivity contribution in [3.8, 4) is 22.8 Å². The Kier molecular flexibility index (Phi) is 7.56. The molecule has 2 aromatic carbocycles. The van der Waals surface area contributed by atoms with Crippen molar-refractivity contribution in [2.75, 3.05) is 20.8 Å². The number of methoxy groups -OCH3 is 2. The highest BCUT2D eigenvalue weighted by molar-refractivity contribution is 7.07. The minimum absolute atomic E-state index is 0.454. The number of benzene rings is 2. The lowest BCUT2D eigenvalue weighted by molar-refractivity contribution is 0.395. The molecule has 0 saturated carbocycles. The first-order valence-electron chi connectivity index (χ1n) is 11.0. The van der Waals surface area contributed by atoms with Gasteiger partial charge < -0.3 is 9.47 Å². The Morgan fingerprint density at radius 1 is 1.09 bits per heavy atom. The van der Waals surface area contributed by atoms with Crippen molar-refractivity contribution in [3.05, 3.63) is 76.4 Å². The number of ether oxygens (including phenoxy) is 2. The van der Waals surface area contributed by atoms with Gasteiger partial charge in [-0.15, -0.1) is 11.3 Å². The van der Waals surface area contributed by atoms with E-state index in [1.165, 1.54) is 5.56 Å². The van der Waals surface area contributed by atoms with Crippen LogP contribution >= 0.6 is 11.3 Å². The molecule has 4 rings (SSSR count). The van der Waals surface area contributed by atoms with Gasteiger partial charge in [0.25, 0.3) is 0 Å². The molecular weight excluding hydrogens is 418 g/mol. The quantitative estimate of drug-likeness (QED) is 0.335. The van der Waals surface area contributed by atoms with Gasteiger partial charge in [0.15, 0.2) is 0 Å². The van der Waals surface area contributed by atoms with Crippen LogP contribution in [0.1, 0.15) is 24.8 Å². The van der Waals surface area contributed by atoms with Gasteiger partial charge in [0, 0.05) is 29.8 Å². The predicted octanol–water partition coefficient (Wildman–Crippen LogP) is 5.57. The lowest BCUT2D eigenvalue weighted by atomic mass is 9.96. The van der Waals surface area contributed by atoms with Gasteiger partial charge in [-0.25, -0.2) is 4.68 Å². The second kappa shape index (κ2) is 11.0. The zero-order chi connectivity index (χ0) is 22.2. The molecule has 1 atom stereocenters. The second-order valence-corrected chi connectivity index (χ2v) is 8.54. The molecule has 0 N–H and O–H groups in total. The largest absolute Gasteiger partial charge is 0.497 e. The van der Waals surface area contributed by atoms with Crippen LogP contribution in [0.25, 0.3) is 11.3 Å². The Bertz CT molecular complexity index is 1150. The Morgan fingerprint density at radius 3 is 2.72 bits per heavy atom. The number of nitrogens with zero attached hydrogens (tertiary/aromatic N) is 3. The van der Waals surface area contributed by atoms with Crippen molar-refractivity contribution in [2.24, 2.45) is 16.0 Å². The van der Waals surface area contributed by atoms with Gasteiger partial charge in [-0.3, -0.25) is 4.99 Å². The van der Waals surface area contributed by atoms with Crippen LogP contribution < -0.4 is 14.3 Å². The average molecular weight is 448 g/mol. The first-order chi connectivity index (χ1) is 15.8. The number of allylic oxidation sites excluding steroid dienone is 2. The normalized spacial score (nSPS) is 16.6. The fourth-order valence-corrected chi connectivity index (χ4v) is 4.61. The summed E-state index contributed by atoms with van der Waals surface area (Å²) >= 11 is 1.60. The molecule has 5 nitrogen and oxygen atoms in total. The molecule has 1 unspecified atom stereocenters. The van der Waals surface area contributed by atoms with Crippen molar-refractivity contribution in [3.63, 3.8) is 0 Å². The van der Waals surface area contributed by atoms with Gasteiger partial charge in [0.2, 0.25) is 4.80 Å². The van der Waals surface area contributed by atoms with Gasteiger partial charge in [-0.05, 0) is 49.3 Å². The Morgan fingerprint density at radius 2 is 1.97 bits per heavy atom. The Hall–Kier alpha value is -3.12. The van der Waals surface area contributed by atoms with Crippen LogP contribution in [0.5, 0.6) is 11.5 Å². The number of aromatic nitrogens is 1. The van der Waals surface area contributed by atoms with Crippen LogP contribution in [0.15, 0.2) is 76.2 Å². The highest BCUT2D eigenvalue weighted by atomic mass is 32.1. The van der Waals surface area contributed by atoms with Gasteiger partial charge in [0.1, 0.15) is 11.5 Å². The molecule has 1 aliphatic rings. The fourth-order valence-electron chi connectivity index (χ4n) is 3.75. The van der Waals surface area contributed by atoms with Crippen molar-refractivity contribution in [2.45, 2.75) is 25.7 Å². The van der Waals surface area contributed by atoms with Crippen LogP contribution in [0.3, 0.4) is 0 Å². The van der Waals surface area contributed by atoms with Crippen LogP contribution in [0, 0.1) is 5.92 Å². The van der Waals surface area contributed by atoms with Gasteiger partial charge in [0.05, 0.1) is 19.9 Å². The first kappa shape index (κ1) is 22.1. The van der Waals surface area contributed by atoms with E-state index in [2.05, 4.69) is 48.0 Å². The summed E-state index contributed by atoms with van der Waals surface area (Å²) in [5.74, 6) is 1.97. The Labute approximate surface area is 193 Å². The molecule has 0 radical (unpaired) electrons. The molecule has 1 aliphatic carbocycles. The van der Waals surface area contributed by atoms with Crippen LogP contribution in [0.4, 0.5) is 0 Å². The summed E-state index contributed by atoms with van der Waals surface area (Å²) in [6.45, 7) is 0.714. The third-order valence-corrected chi connectivity index (χ3v) is 6.42. The van der Waals surface area contributed by atoms with E-state index in [1.54, 1.807) is 25.6 Å². The highest BCUT2D eigenvalue weighted by Gasteiger charge is 2.14. The molecule has 1 aromatic heterocycles. The summed E-state index contributed by atoms with van der Waals surface area (Å²) in [6.07, 6.45) is 10.8. The van der Waals surface area contributed by atoms with Crippen molar-refractivity contribution < 1.29 is 9.47 Å². The molecular formula is C26H29N3O2S. The number of rotatable bonds is 8. The third kappa shape index (κ3) is 5.37. The maximum absolute atomic E-state index is 5.66. The van der Waals surface area contributed by atoms with E-state index in [0.717, 1.165) is 53.2 Å². The predicted molar refractivity (Wildman–Crippen MR) is 132 cm³/mol. The van der Waals surface area contributed by atoms with E-state index in [1.807, 2.05) is 28.9 Å². The Balaban J connectivity index is 1.69. The summed E-state index contributed by atoms with van der Waals surface area (Å²) in [6, 6.07) is 16.3. The molecule has 0 fully saturated rings. The number of thiazole rings is 1. The smallest absolute Gasteiger partial charge is 0.206 e. The van der Waals surface area contributed by atoms with E-state index < -0.39 is 0 Å². The zero-order valence-electron chi connectivity index (χ0n) is 18.6. The summed E-state index contributed by atoms with van der Waals surface area (Å²) in [5, 5.41) is 7.00. The molecule has 0 bridgehead atoms. The molecule has 3 aromatic rings. The summed E-state index contributed by atoms with van der Waals surface area (Å²) < 4.78 is 13.0. The summed E-state index contributed by atoms with van der Waals surface area (Å²) in [4.78, 5) is 5.77. The number of hydrogen-bond donors (Lipinski definition) is 0. The standard InChI is InChI=1S/C26H29N3O2S/c1-30-22-13-14-23(25(17-22)31-2)24-19-32-26(27-16-15-20-9-5-3-6-10-20)29(24)28-18-21-11-7-4-8-12-21/h3-7,9-10,13-14,17-19,21H,8,11-12,15-16H2,1-2H3. The highest BCUT2D eigenvalue weighted by Crippen LogP contribution is 2.33. The zero-order valence-corrected chi connectivity index (χ0v) is 19.4. The molecule has 0 saturated heterocycles. The maximum Gasteiger partial charge on any atom is 0.206 e. The van der Waals surface area contributed by atoms with E-state index >= 15 is 0 Å². The molecule has 0 spiro atoms. The van der Waals surface area contributed by atoms with E-state index in [-0.39, 0.29) is 0 Å². The fraction of sp³-hybridized carbons (Fsp3) is 0.308. The summed E-state index contributed by atoms with van der Waals surface area (Å²) in [5.41, 5.74) is 3.22. The van der Waals surface area contributed by atoms with Crippen LogP contribution in [0.2, 0.25) is 0 Å². The monoisotopic (exact) mass is 447 g/mol. The third-order valence-electron chi connectivity index (χ3n) is 5.56. The molecule has 166 valence electrons. The molecule has 1 heterocycles. The van der Waals surface area contributed by atoms with E-state index in [0.29, 0.717) is 12.5 Å². The van der Waals surface area contributed by atoms with Gasteiger partial charge in [-0.2, -0.15) is 5.10 Å². The molecule has 6 heteroatoms. The lowest BCUT2D eigenvalue weighted by Crippen LogP contribution is -2.15. The summed E-state index contributed by atoms with van der Waals surface area (Å²) in [7, 11) is 3.34. The molecule has 32 heavy (non-hydrogen) atoms. The van der Waals surface area contributed by atoms with Crippen LogP contribution in [-0.2, 0) is 6.42 Å². The number of hydrogen-bond acceptors (Lipinski definition) is 5. The van der Waals surface area contributed by atoms with E-state index in [4.69, 9.17) is 19.6 Å². The second-order valence-electron chi connectivity index (χ2n) is 7.71. The van der Waals surface area contributed by atoms with Crippen molar-refractivity contribution in [1.82, 2.24) is 4.68 Å².